The average Bonchev–Trinajstić information content (AvgIpc) is 2.66. The molecule has 0 unspecified atom stereocenters. The topological polar surface area (TPSA) is 95.1 Å². The van der Waals surface area contributed by atoms with Crippen LogP contribution in [0.4, 0.5) is 5.69 Å². The molecule has 0 aliphatic rings. The van der Waals surface area contributed by atoms with Crippen LogP contribution in [0.15, 0.2) is 52.5 Å². The van der Waals surface area contributed by atoms with E-state index in [0.29, 0.717) is 33.8 Å². The molecule has 0 atom stereocenters. The highest BCUT2D eigenvalue weighted by Gasteiger charge is 2.14. The van der Waals surface area contributed by atoms with Gasteiger partial charge in [0.05, 0.1) is 11.1 Å². The molecule has 0 aliphatic heterocycles. The Hall–Kier alpha value is -3.29. The van der Waals surface area contributed by atoms with Gasteiger partial charge in [0.2, 0.25) is 0 Å². The number of ether oxygens (including phenoxy) is 2. The molecule has 0 saturated carbocycles. The van der Waals surface area contributed by atoms with Crippen molar-refractivity contribution in [3.05, 3.63) is 58.1 Å². The molecule has 2 aromatic carbocycles. The van der Waals surface area contributed by atoms with Gasteiger partial charge in [0.25, 0.3) is 5.91 Å². The quantitative estimate of drug-likeness (QED) is 0.526. The van der Waals surface area contributed by atoms with E-state index >= 15 is 0 Å². The van der Waals surface area contributed by atoms with Gasteiger partial charge in [0.1, 0.15) is 17.7 Å². The van der Waals surface area contributed by atoms with Crippen LogP contribution < -0.4 is 14.8 Å². The predicted molar refractivity (Wildman–Crippen MR) is 105 cm³/mol. The van der Waals surface area contributed by atoms with Crippen molar-refractivity contribution in [1.29, 1.82) is 10.5 Å². The molecule has 0 aliphatic carbocycles. The van der Waals surface area contributed by atoms with Gasteiger partial charge >= 0.3 is 0 Å². The van der Waals surface area contributed by atoms with Crippen molar-refractivity contribution in [1.82, 2.24) is 0 Å². The van der Waals surface area contributed by atoms with Gasteiger partial charge in [-0.05, 0) is 58.8 Å². The number of nitriles is 2. The van der Waals surface area contributed by atoms with Crippen molar-refractivity contribution in [3.8, 4) is 23.6 Å². The number of carbonyl (C=O) groups excluding carboxylic acids is 1. The minimum Gasteiger partial charge on any atom is -0.490 e. The van der Waals surface area contributed by atoms with Gasteiger partial charge in [0, 0.05) is 5.69 Å². The van der Waals surface area contributed by atoms with Crippen molar-refractivity contribution in [2.24, 2.45) is 0 Å². The average molecular weight is 426 g/mol. The minimum absolute atomic E-state index is 0.0566. The predicted octanol–water partition coefficient (Wildman–Crippen LogP) is 4.30. The summed E-state index contributed by atoms with van der Waals surface area (Å²) in [6, 6.07) is 16.0. The normalized spacial score (nSPS) is 10.4. The van der Waals surface area contributed by atoms with Gasteiger partial charge in [-0.15, -0.1) is 0 Å². The zero-order valence-electron chi connectivity index (χ0n) is 14.5. The Morgan fingerprint density at radius 1 is 1.22 bits per heavy atom. The SMILES string of the molecule is CCOc1cc(/C=C(\C#N)C(=O)Nc2ccccc2)cc(Br)c1OCC#N. The number of hydrogen-bond acceptors (Lipinski definition) is 5. The first-order chi connectivity index (χ1) is 13.1. The van der Waals surface area contributed by atoms with E-state index in [1.165, 1.54) is 6.08 Å². The van der Waals surface area contributed by atoms with E-state index in [1.54, 1.807) is 36.4 Å². The van der Waals surface area contributed by atoms with Crippen LogP contribution in [0.3, 0.4) is 0 Å². The lowest BCUT2D eigenvalue weighted by Gasteiger charge is -2.13. The molecule has 0 spiro atoms. The van der Waals surface area contributed by atoms with Gasteiger partial charge < -0.3 is 14.8 Å². The molecule has 0 heterocycles. The first kappa shape index (κ1) is 20.0. The number of nitrogens with one attached hydrogen (secondary N) is 1. The van der Waals surface area contributed by atoms with Crippen LogP contribution in [-0.4, -0.2) is 19.1 Å². The largest absolute Gasteiger partial charge is 0.490 e. The van der Waals surface area contributed by atoms with Crippen LogP contribution in [0.5, 0.6) is 11.5 Å². The monoisotopic (exact) mass is 425 g/mol. The maximum atomic E-state index is 12.3. The summed E-state index contributed by atoms with van der Waals surface area (Å²) in [5, 5.41) is 20.7. The molecule has 0 bridgehead atoms. The first-order valence-electron chi connectivity index (χ1n) is 8.03. The van der Waals surface area contributed by atoms with Crippen LogP contribution in [-0.2, 0) is 4.79 Å². The summed E-state index contributed by atoms with van der Waals surface area (Å²) in [5.74, 6) is 0.291. The maximum absolute atomic E-state index is 12.3. The van der Waals surface area contributed by atoms with Gasteiger partial charge in [-0.25, -0.2) is 0 Å². The van der Waals surface area contributed by atoms with E-state index in [9.17, 15) is 10.1 Å². The lowest BCUT2D eigenvalue weighted by atomic mass is 10.1. The number of anilines is 1. The van der Waals surface area contributed by atoms with Crippen molar-refractivity contribution >= 4 is 33.6 Å². The highest BCUT2D eigenvalue weighted by molar-refractivity contribution is 9.10. The standard InChI is InChI=1S/C20H16BrN3O3/c1-2-26-18-12-14(11-17(21)19(18)27-9-8-22)10-15(13-23)20(25)24-16-6-4-3-5-7-16/h3-7,10-12H,2,9H2,1H3,(H,24,25)/b15-10+. The first-order valence-corrected chi connectivity index (χ1v) is 8.82. The van der Waals surface area contributed by atoms with Gasteiger partial charge in [-0.3, -0.25) is 4.79 Å². The van der Waals surface area contributed by atoms with E-state index in [0.717, 1.165) is 0 Å². The number of carbonyl (C=O) groups is 1. The van der Waals surface area contributed by atoms with Crippen LogP contribution in [0.2, 0.25) is 0 Å². The Morgan fingerprint density at radius 2 is 1.96 bits per heavy atom. The zero-order valence-corrected chi connectivity index (χ0v) is 16.1. The number of nitrogens with zero attached hydrogens (tertiary/aromatic N) is 2. The molecule has 2 rings (SSSR count). The number of halogens is 1. The second-order valence-electron chi connectivity index (χ2n) is 5.20. The molecule has 136 valence electrons. The third kappa shape index (κ3) is 5.60. The van der Waals surface area contributed by atoms with E-state index in [2.05, 4.69) is 21.2 Å². The van der Waals surface area contributed by atoms with Crippen LogP contribution in [0, 0.1) is 22.7 Å². The summed E-state index contributed by atoms with van der Waals surface area (Å²) in [6.45, 7) is 2.08. The highest BCUT2D eigenvalue weighted by atomic mass is 79.9. The second-order valence-corrected chi connectivity index (χ2v) is 6.05. The molecule has 27 heavy (non-hydrogen) atoms. The fourth-order valence-electron chi connectivity index (χ4n) is 2.21. The smallest absolute Gasteiger partial charge is 0.266 e. The molecular weight excluding hydrogens is 410 g/mol. The Labute approximate surface area is 165 Å². The summed E-state index contributed by atoms with van der Waals surface area (Å²) in [5.41, 5.74) is 1.12. The molecule has 1 amide bonds. The van der Waals surface area contributed by atoms with Crippen LogP contribution >= 0.6 is 15.9 Å². The van der Waals surface area contributed by atoms with Crippen molar-refractivity contribution < 1.29 is 14.3 Å². The molecule has 0 radical (unpaired) electrons. The number of para-hydroxylation sites is 1. The van der Waals surface area contributed by atoms with Crippen molar-refractivity contribution in [2.75, 3.05) is 18.5 Å². The van der Waals surface area contributed by atoms with Gasteiger partial charge in [-0.1, -0.05) is 18.2 Å². The van der Waals surface area contributed by atoms with Crippen molar-refractivity contribution in [2.45, 2.75) is 6.92 Å². The zero-order chi connectivity index (χ0) is 19.6. The van der Waals surface area contributed by atoms with Crippen molar-refractivity contribution in [3.63, 3.8) is 0 Å². The molecule has 2 aromatic rings. The number of benzene rings is 2. The maximum Gasteiger partial charge on any atom is 0.266 e. The van der Waals surface area contributed by atoms with Gasteiger partial charge in [0.15, 0.2) is 18.1 Å². The van der Waals surface area contributed by atoms with E-state index in [4.69, 9.17) is 14.7 Å². The van der Waals surface area contributed by atoms with Crippen LogP contribution in [0.25, 0.3) is 6.08 Å². The molecule has 7 heteroatoms. The lowest BCUT2D eigenvalue weighted by molar-refractivity contribution is -0.112. The number of rotatable bonds is 7. The Bertz CT molecular complexity index is 928. The molecule has 0 aromatic heterocycles. The summed E-state index contributed by atoms with van der Waals surface area (Å²) in [6.07, 6.45) is 1.46. The molecule has 1 N–H and O–H groups in total. The number of hydrogen-bond donors (Lipinski definition) is 1. The number of amides is 1. The second kappa shape index (κ2) is 10.0. The molecule has 0 fully saturated rings. The van der Waals surface area contributed by atoms with E-state index < -0.39 is 5.91 Å². The summed E-state index contributed by atoms with van der Waals surface area (Å²) in [4.78, 5) is 12.3. The molecule has 0 saturated heterocycles. The fraction of sp³-hybridized carbons (Fsp3) is 0.150. The molecular formula is C20H16BrN3O3. The third-order valence-electron chi connectivity index (χ3n) is 3.32. The van der Waals surface area contributed by atoms with Gasteiger partial charge in [-0.2, -0.15) is 10.5 Å². The third-order valence-corrected chi connectivity index (χ3v) is 3.91. The Balaban J connectivity index is 2.33. The fourth-order valence-corrected chi connectivity index (χ4v) is 2.79. The minimum atomic E-state index is -0.511. The van der Waals surface area contributed by atoms with E-state index in [1.807, 2.05) is 25.1 Å². The van der Waals surface area contributed by atoms with Crippen LogP contribution in [0.1, 0.15) is 12.5 Å². The lowest BCUT2D eigenvalue weighted by Crippen LogP contribution is -2.13. The summed E-state index contributed by atoms with van der Waals surface area (Å²) >= 11 is 3.37. The summed E-state index contributed by atoms with van der Waals surface area (Å²) in [7, 11) is 0. The van der Waals surface area contributed by atoms with E-state index in [-0.39, 0.29) is 12.2 Å². The Kier molecular flexibility index (Phi) is 7.42. The summed E-state index contributed by atoms with van der Waals surface area (Å²) < 4.78 is 11.5. The highest BCUT2D eigenvalue weighted by Crippen LogP contribution is 2.37. The Morgan fingerprint density at radius 3 is 2.59 bits per heavy atom. The molecule has 6 nitrogen and oxygen atoms in total.